The summed E-state index contributed by atoms with van der Waals surface area (Å²) >= 11 is 0. The van der Waals surface area contributed by atoms with E-state index in [-0.39, 0.29) is 5.75 Å². The fourth-order valence-corrected chi connectivity index (χ4v) is 2.49. The Hall–Kier alpha value is -2.11. The standard InChI is InChI=1S/C15H18FNO4/c1-10(21-12-7-3-2-6-11(12)16)13(18)17-15(14(19)20)8-4-5-9-15/h2-3,6-7,10H,4-5,8-9H2,1H3,(H,17,18)(H,19,20). The molecule has 114 valence electrons. The lowest BCUT2D eigenvalue weighted by molar-refractivity contribution is -0.148. The Labute approximate surface area is 122 Å². The Morgan fingerprint density at radius 3 is 2.52 bits per heavy atom. The monoisotopic (exact) mass is 295 g/mol. The van der Waals surface area contributed by atoms with Crippen molar-refractivity contribution in [2.75, 3.05) is 0 Å². The van der Waals surface area contributed by atoms with Crippen LogP contribution < -0.4 is 10.1 Å². The van der Waals surface area contributed by atoms with E-state index in [0.29, 0.717) is 12.8 Å². The van der Waals surface area contributed by atoms with Crippen molar-refractivity contribution in [3.8, 4) is 5.75 Å². The molecule has 21 heavy (non-hydrogen) atoms. The number of para-hydroxylation sites is 1. The first-order valence-corrected chi connectivity index (χ1v) is 6.91. The SMILES string of the molecule is CC(Oc1ccccc1F)C(=O)NC1(C(=O)O)CCCC1. The molecule has 1 amide bonds. The van der Waals surface area contributed by atoms with Gasteiger partial charge in [0.15, 0.2) is 17.7 Å². The summed E-state index contributed by atoms with van der Waals surface area (Å²) in [5.74, 6) is -2.18. The van der Waals surface area contributed by atoms with Crippen LogP contribution in [0.4, 0.5) is 4.39 Å². The predicted octanol–water partition coefficient (Wildman–Crippen LogP) is 2.11. The molecule has 1 aromatic rings. The minimum atomic E-state index is -1.22. The van der Waals surface area contributed by atoms with Gasteiger partial charge < -0.3 is 15.2 Å². The van der Waals surface area contributed by atoms with Gasteiger partial charge in [0.25, 0.3) is 5.91 Å². The maximum Gasteiger partial charge on any atom is 0.329 e. The van der Waals surface area contributed by atoms with E-state index in [2.05, 4.69) is 5.32 Å². The average molecular weight is 295 g/mol. The van der Waals surface area contributed by atoms with Gasteiger partial charge in [0, 0.05) is 0 Å². The molecule has 1 atom stereocenters. The van der Waals surface area contributed by atoms with Crippen LogP contribution in [0.5, 0.6) is 5.75 Å². The number of ether oxygens (including phenoxy) is 1. The Bertz CT molecular complexity index is 540. The number of carboxylic acid groups (broad SMARTS) is 1. The molecule has 1 fully saturated rings. The molecule has 0 spiro atoms. The lowest BCUT2D eigenvalue weighted by Gasteiger charge is -2.27. The zero-order valence-electron chi connectivity index (χ0n) is 11.8. The van der Waals surface area contributed by atoms with Crippen molar-refractivity contribution in [1.29, 1.82) is 0 Å². The Balaban J connectivity index is 2.03. The van der Waals surface area contributed by atoms with Gasteiger partial charge in [-0.1, -0.05) is 25.0 Å². The molecule has 0 aliphatic heterocycles. The van der Waals surface area contributed by atoms with Crippen LogP contribution in [0.2, 0.25) is 0 Å². The average Bonchev–Trinajstić information content (AvgIpc) is 2.91. The minimum Gasteiger partial charge on any atom is -0.480 e. The summed E-state index contributed by atoms with van der Waals surface area (Å²) < 4.78 is 18.7. The summed E-state index contributed by atoms with van der Waals surface area (Å²) in [6.07, 6.45) is 1.35. The van der Waals surface area contributed by atoms with Gasteiger partial charge in [0.1, 0.15) is 5.54 Å². The second kappa shape index (κ2) is 6.11. The number of benzene rings is 1. The zero-order valence-corrected chi connectivity index (χ0v) is 11.8. The van der Waals surface area contributed by atoms with E-state index in [1.165, 1.54) is 25.1 Å². The number of hydrogen-bond donors (Lipinski definition) is 2. The van der Waals surface area contributed by atoms with Crippen molar-refractivity contribution >= 4 is 11.9 Å². The smallest absolute Gasteiger partial charge is 0.329 e. The summed E-state index contributed by atoms with van der Waals surface area (Å²) in [5.41, 5.74) is -1.22. The van der Waals surface area contributed by atoms with Crippen LogP contribution in [0.1, 0.15) is 32.6 Å². The molecule has 0 radical (unpaired) electrons. The molecule has 0 saturated heterocycles. The summed E-state index contributed by atoms with van der Waals surface area (Å²) in [5, 5.41) is 11.9. The van der Waals surface area contributed by atoms with E-state index in [1.807, 2.05) is 0 Å². The first-order valence-electron chi connectivity index (χ1n) is 6.91. The largest absolute Gasteiger partial charge is 0.480 e. The van der Waals surface area contributed by atoms with Gasteiger partial charge in [-0.25, -0.2) is 9.18 Å². The summed E-state index contributed by atoms with van der Waals surface area (Å²) in [7, 11) is 0. The normalized spacial score (nSPS) is 18.0. The Kier molecular flexibility index (Phi) is 4.45. The molecule has 1 unspecified atom stereocenters. The van der Waals surface area contributed by atoms with Crippen LogP contribution in [0.25, 0.3) is 0 Å². The number of halogens is 1. The minimum absolute atomic E-state index is 0.0315. The zero-order chi connectivity index (χ0) is 15.5. The third-order valence-electron chi connectivity index (χ3n) is 3.74. The highest BCUT2D eigenvalue weighted by Crippen LogP contribution is 2.30. The highest BCUT2D eigenvalue weighted by molar-refractivity contribution is 5.89. The molecule has 1 aliphatic carbocycles. The third-order valence-corrected chi connectivity index (χ3v) is 3.74. The van der Waals surface area contributed by atoms with Gasteiger partial charge >= 0.3 is 5.97 Å². The summed E-state index contributed by atoms with van der Waals surface area (Å²) in [6.45, 7) is 1.46. The molecular weight excluding hydrogens is 277 g/mol. The number of carbonyl (C=O) groups excluding carboxylic acids is 1. The number of rotatable bonds is 5. The van der Waals surface area contributed by atoms with E-state index in [9.17, 15) is 19.1 Å². The molecule has 0 bridgehead atoms. The molecular formula is C15H18FNO4. The van der Waals surface area contributed by atoms with E-state index < -0.39 is 29.3 Å². The van der Waals surface area contributed by atoms with Gasteiger partial charge in [-0.3, -0.25) is 4.79 Å². The van der Waals surface area contributed by atoms with E-state index >= 15 is 0 Å². The predicted molar refractivity (Wildman–Crippen MR) is 73.5 cm³/mol. The number of carbonyl (C=O) groups is 2. The molecule has 5 nitrogen and oxygen atoms in total. The number of aliphatic carboxylic acids is 1. The van der Waals surface area contributed by atoms with Crippen molar-refractivity contribution in [3.63, 3.8) is 0 Å². The van der Waals surface area contributed by atoms with Crippen molar-refractivity contribution in [2.24, 2.45) is 0 Å². The molecule has 6 heteroatoms. The van der Waals surface area contributed by atoms with Crippen LogP contribution in [0, 0.1) is 5.82 Å². The second-order valence-corrected chi connectivity index (χ2v) is 5.27. The molecule has 0 aromatic heterocycles. The van der Waals surface area contributed by atoms with Crippen molar-refractivity contribution in [1.82, 2.24) is 5.32 Å². The maximum atomic E-state index is 13.5. The summed E-state index contributed by atoms with van der Waals surface area (Å²) in [6, 6.07) is 5.76. The lowest BCUT2D eigenvalue weighted by Crippen LogP contribution is -2.55. The highest BCUT2D eigenvalue weighted by atomic mass is 19.1. The Morgan fingerprint density at radius 1 is 1.33 bits per heavy atom. The van der Waals surface area contributed by atoms with E-state index in [0.717, 1.165) is 12.8 Å². The van der Waals surface area contributed by atoms with Gasteiger partial charge in [-0.15, -0.1) is 0 Å². The quantitative estimate of drug-likeness (QED) is 0.872. The lowest BCUT2D eigenvalue weighted by atomic mass is 9.97. The van der Waals surface area contributed by atoms with Crippen LogP contribution >= 0.6 is 0 Å². The second-order valence-electron chi connectivity index (χ2n) is 5.27. The third kappa shape index (κ3) is 3.32. The van der Waals surface area contributed by atoms with Crippen LogP contribution in [0.15, 0.2) is 24.3 Å². The van der Waals surface area contributed by atoms with Gasteiger partial charge in [-0.2, -0.15) is 0 Å². The number of hydrogen-bond acceptors (Lipinski definition) is 3. The van der Waals surface area contributed by atoms with Crippen LogP contribution in [-0.4, -0.2) is 28.6 Å². The van der Waals surface area contributed by atoms with Crippen LogP contribution in [0.3, 0.4) is 0 Å². The van der Waals surface area contributed by atoms with Gasteiger partial charge in [0.05, 0.1) is 0 Å². The molecule has 0 heterocycles. The number of carboxylic acids is 1. The molecule has 1 saturated carbocycles. The number of nitrogens with one attached hydrogen (secondary N) is 1. The first-order chi connectivity index (χ1) is 9.94. The van der Waals surface area contributed by atoms with Crippen molar-refractivity contribution < 1.29 is 23.8 Å². The fraction of sp³-hybridized carbons (Fsp3) is 0.467. The Morgan fingerprint density at radius 2 is 1.95 bits per heavy atom. The van der Waals surface area contributed by atoms with Gasteiger partial charge in [-0.05, 0) is 31.9 Å². The van der Waals surface area contributed by atoms with E-state index in [4.69, 9.17) is 4.74 Å². The fourth-order valence-electron chi connectivity index (χ4n) is 2.49. The highest BCUT2D eigenvalue weighted by Gasteiger charge is 2.43. The molecule has 1 aliphatic rings. The van der Waals surface area contributed by atoms with Crippen LogP contribution in [-0.2, 0) is 9.59 Å². The molecule has 2 N–H and O–H groups in total. The van der Waals surface area contributed by atoms with Crippen molar-refractivity contribution in [3.05, 3.63) is 30.1 Å². The first kappa shape index (κ1) is 15.3. The van der Waals surface area contributed by atoms with Gasteiger partial charge in [0.2, 0.25) is 0 Å². The summed E-state index contributed by atoms with van der Waals surface area (Å²) in [4.78, 5) is 23.5. The topological polar surface area (TPSA) is 75.6 Å². The molecule has 1 aromatic carbocycles. The van der Waals surface area contributed by atoms with E-state index in [1.54, 1.807) is 6.07 Å². The maximum absolute atomic E-state index is 13.5. The number of amides is 1. The molecule has 2 rings (SSSR count). The van der Waals surface area contributed by atoms with Crippen molar-refractivity contribution in [2.45, 2.75) is 44.2 Å².